The van der Waals surface area contributed by atoms with Gasteiger partial charge in [-0.2, -0.15) is 0 Å². The van der Waals surface area contributed by atoms with Crippen molar-refractivity contribution < 1.29 is 9.18 Å². The maximum absolute atomic E-state index is 14.3. The Labute approximate surface area is 173 Å². The van der Waals surface area contributed by atoms with E-state index in [2.05, 4.69) is 15.5 Å². The van der Waals surface area contributed by atoms with Crippen molar-refractivity contribution in [1.29, 1.82) is 0 Å². The predicted octanol–water partition coefficient (Wildman–Crippen LogP) is 4.52. The van der Waals surface area contributed by atoms with Crippen LogP contribution in [-0.4, -0.2) is 25.9 Å². The van der Waals surface area contributed by atoms with Gasteiger partial charge in [0.15, 0.2) is 11.0 Å². The first kappa shape index (κ1) is 19.6. The Morgan fingerprint density at radius 3 is 2.62 bits per heavy atom. The number of amides is 1. The summed E-state index contributed by atoms with van der Waals surface area (Å²) in [7, 11) is 0. The normalized spacial score (nSPS) is 14.6. The largest absolute Gasteiger partial charge is 0.351 e. The van der Waals surface area contributed by atoms with Crippen LogP contribution in [0.4, 0.5) is 4.39 Å². The number of halogens is 1. The van der Waals surface area contributed by atoms with Gasteiger partial charge in [0.2, 0.25) is 5.91 Å². The van der Waals surface area contributed by atoms with Gasteiger partial charge in [-0.3, -0.25) is 9.36 Å². The number of hydrogen-bond donors (Lipinski definition) is 1. The molecule has 1 aliphatic rings. The molecule has 0 bridgehead atoms. The molecule has 150 valence electrons. The lowest BCUT2D eigenvalue weighted by atomic mass is 10.1. The van der Waals surface area contributed by atoms with E-state index in [1.54, 1.807) is 18.2 Å². The van der Waals surface area contributed by atoms with E-state index in [1.807, 2.05) is 42.7 Å². The molecule has 0 radical (unpaired) electrons. The number of aryl methyl sites for hydroxylation is 1. The Kier molecular flexibility index (Phi) is 5.67. The minimum absolute atomic E-state index is 0.0617. The van der Waals surface area contributed by atoms with Crippen molar-refractivity contribution >= 4 is 17.7 Å². The second-order valence-electron chi connectivity index (χ2n) is 7.35. The van der Waals surface area contributed by atoms with Gasteiger partial charge in [-0.15, -0.1) is 10.2 Å². The first-order chi connectivity index (χ1) is 14.0. The molecule has 1 fully saturated rings. The zero-order chi connectivity index (χ0) is 20.4. The van der Waals surface area contributed by atoms with Gasteiger partial charge in [0, 0.05) is 12.6 Å². The third-order valence-electron chi connectivity index (χ3n) is 4.93. The summed E-state index contributed by atoms with van der Waals surface area (Å²) in [5.41, 5.74) is 2.69. The molecule has 5 nitrogen and oxygen atoms in total. The summed E-state index contributed by atoms with van der Waals surface area (Å²) in [5.74, 6) is 0.149. The second kappa shape index (κ2) is 8.37. The van der Waals surface area contributed by atoms with Crippen LogP contribution in [0.15, 0.2) is 53.7 Å². The molecule has 1 amide bonds. The fraction of sp³-hybridized carbons (Fsp3) is 0.318. The Morgan fingerprint density at radius 2 is 1.93 bits per heavy atom. The van der Waals surface area contributed by atoms with Gasteiger partial charge in [0.25, 0.3) is 0 Å². The van der Waals surface area contributed by atoms with Gasteiger partial charge in [-0.05, 0) is 44.4 Å². The summed E-state index contributed by atoms with van der Waals surface area (Å²) < 4.78 is 16.3. The van der Waals surface area contributed by atoms with Crippen LogP contribution in [0, 0.1) is 12.7 Å². The summed E-state index contributed by atoms with van der Waals surface area (Å²) in [6.07, 6.45) is 2.03. The molecule has 1 atom stereocenters. The minimum atomic E-state index is -0.337. The van der Waals surface area contributed by atoms with Crippen molar-refractivity contribution in [3.05, 3.63) is 65.5 Å². The van der Waals surface area contributed by atoms with Crippen LogP contribution in [-0.2, 0) is 11.3 Å². The van der Waals surface area contributed by atoms with E-state index < -0.39 is 0 Å². The molecule has 3 aromatic rings. The lowest BCUT2D eigenvalue weighted by Crippen LogP contribution is -2.30. The summed E-state index contributed by atoms with van der Waals surface area (Å²) in [5, 5.41) is 11.8. The molecule has 2 aromatic carbocycles. The molecule has 0 saturated heterocycles. The van der Waals surface area contributed by atoms with Crippen LogP contribution in [0.5, 0.6) is 0 Å². The highest BCUT2D eigenvalue weighted by Gasteiger charge is 2.32. The van der Waals surface area contributed by atoms with Crippen LogP contribution in [0.2, 0.25) is 0 Å². The molecule has 7 heteroatoms. The van der Waals surface area contributed by atoms with E-state index >= 15 is 0 Å². The first-order valence-corrected chi connectivity index (χ1v) is 10.6. The van der Waals surface area contributed by atoms with Crippen molar-refractivity contribution in [3.8, 4) is 11.4 Å². The van der Waals surface area contributed by atoms with Crippen molar-refractivity contribution in [1.82, 2.24) is 20.1 Å². The molecule has 1 aliphatic carbocycles. The van der Waals surface area contributed by atoms with E-state index in [0.29, 0.717) is 23.1 Å². The summed E-state index contributed by atoms with van der Waals surface area (Å²) in [6, 6.07) is 14.9. The highest BCUT2D eigenvalue weighted by molar-refractivity contribution is 8.00. The minimum Gasteiger partial charge on any atom is -0.351 e. The lowest BCUT2D eigenvalue weighted by molar-refractivity contribution is -0.120. The number of carbonyl (C=O) groups is 1. The zero-order valence-electron chi connectivity index (χ0n) is 16.4. The third kappa shape index (κ3) is 4.50. The van der Waals surface area contributed by atoms with Crippen molar-refractivity contribution in [2.75, 3.05) is 0 Å². The number of nitrogens with zero attached hydrogens (tertiary/aromatic N) is 3. The van der Waals surface area contributed by atoms with Crippen molar-refractivity contribution in [2.45, 2.75) is 49.7 Å². The Morgan fingerprint density at radius 1 is 1.21 bits per heavy atom. The zero-order valence-corrected chi connectivity index (χ0v) is 17.2. The molecule has 0 aliphatic heterocycles. The summed E-state index contributed by atoms with van der Waals surface area (Å²) in [4.78, 5) is 12.6. The highest BCUT2D eigenvalue weighted by Crippen LogP contribution is 2.42. The average molecular weight is 411 g/mol. The van der Waals surface area contributed by atoms with E-state index in [0.717, 1.165) is 18.4 Å². The number of thioether (sulfide) groups is 1. The number of rotatable bonds is 7. The monoisotopic (exact) mass is 410 g/mol. The summed E-state index contributed by atoms with van der Waals surface area (Å²) >= 11 is 1.36. The molecular weight excluding hydrogens is 387 g/mol. The molecule has 1 heterocycles. The van der Waals surface area contributed by atoms with Crippen molar-refractivity contribution in [2.24, 2.45) is 0 Å². The molecular formula is C22H23FN4OS. The van der Waals surface area contributed by atoms with E-state index in [9.17, 15) is 9.18 Å². The first-order valence-electron chi connectivity index (χ1n) is 9.72. The van der Waals surface area contributed by atoms with Crippen LogP contribution in [0.25, 0.3) is 11.4 Å². The van der Waals surface area contributed by atoms with E-state index in [4.69, 9.17) is 0 Å². The van der Waals surface area contributed by atoms with Crippen LogP contribution in [0.1, 0.15) is 36.9 Å². The van der Waals surface area contributed by atoms with Crippen molar-refractivity contribution in [3.63, 3.8) is 0 Å². The number of carbonyl (C=O) groups excluding carboxylic acids is 1. The van der Waals surface area contributed by atoms with Gasteiger partial charge in [-0.25, -0.2) is 4.39 Å². The predicted molar refractivity (Wildman–Crippen MR) is 112 cm³/mol. The Bertz CT molecular complexity index is 1010. The third-order valence-corrected chi connectivity index (χ3v) is 5.99. The topological polar surface area (TPSA) is 59.8 Å². The average Bonchev–Trinajstić information content (AvgIpc) is 3.48. The number of nitrogens with one attached hydrogen (secondary N) is 1. The maximum atomic E-state index is 14.3. The molecule has 1 aromatic heterocycles. The highest BCUT2D eigenvalue weighted by atomic mass is 32.2. The van der Waals surface area contributed by atoms with Crippen LogP contribution < -0.4 is 5.32 Å². The fourth-order valence-electron chi connectivity index (χ4n) is 3.10. The molecule has 1 saturated carbocycles. The molecule has 29 heavy (non-hydrogen) atoms. The van der Waals surface area contributed by atoms with E-state index in [1.165, 1.54) is 23.4 Å². The second-order valence-corrected chi connectivity index (χ2v) is 8.66. The summed E-state index contributed by atoms with van der Waals surface area (Å²) in [6.45, 7) is 4.37. The van der Waals surface area contributed by atoms with Crippen LogP contribution in [0.3, 0.4) is 0 Å². The quantitative estimate of drug-likeness (QED) is 0.582. The van der Waals surface area contributed by atoms with Crippen LogP contribution >= 0.6 is 11.8 Å². The van der Waals surface area contributed by atoms with Gasteiger partial charge in [-0.1, -0.05) is 53.7 Å². The number of hydrogen-bond acceptors (Lipinski definition) is 4. The molecule has 4 rings (SSSR count). The van der Waals surface area contributed by atoms with Gasteiger partial charge >= 0.3 is 0 Å². The van der Waals surface area contributed by atoms with Gasteiger partial charge in [0.1, 0.15) is 5.82 Å². The Balaban J connectivity index is 1.47. The number of aromatic nitrogens is 3. The molecule has 0 unspecified atom stereocenters. The molecule has 1 N–H and O–H groups in total. The standard InChI is InChI=1S/C22H23FN4OS/c1-14-7-9-16(10-8-14)13-24-21(28)15(2)29-22-26-25-20(27(22)17-11-12-17)18-5-3-4-6-19(18)23/h3-10,15,17H,11-13H2,1-2H3,(H,24,28)/t15-/m0/s1. The smallest absolute Gasteiger partial charge is 0.233 e. The maximum Gasteiger partial charge on any atom is 0.233 e. The van der Waals surface area contributed by atoms with Gasteiger partial charge in [0.05, 0.1) is 10.8 Å². The Hall–Kier alpha value is -2.67. The lowest BCUT2D eigenvalue weighted by Gasteiger charge is -2.13. The SMILES string of the molecule is Cc1ccc(CNC(=O)[C@H](C)Sc2nnc(-c3ccccc3F)n2C2CC2)cc1. The van der Waals surface area contributed by atoms with E-state index in [-0.39, 0.29) is 23.0 Å². The fourth-order valence-corrected chi connectivity index (χ4v) is 4.04. The number of benzene rings is 2. The van der Waals surface area contributed by atoms with Gasteiger partial charge < -0.3 is 5.32 Å². The molecule has 0 spiro atoms.